The summed E-state index contributed by atoms with van der Waals surface area (Å²) in [5, 5.41) is 3.67. The molecule has 1 aromatic carbocycles. The number of benzene rings is 1. The maximum atomic E-state index is 13.9. The fourth-order valence-corrected chi connectivity index (χ4v) is 2.60. The molecule has 0 bridgehead atoms. The largest absolute Gasteiger partial charge is 0.361 e. The van der Waals surface area contributed by atoms with Gasteiger partial charge in [-0.15, -0.1) is 0 Å². The summed E-state index contributed by atoms with van der Waals surface area (Å²) in [6.45, 7) is 0.428. The van der Waals surface area contributed by atoms with E-state index in [2.05, 4.69) is 10.3 Å². The van der Waals surface area contributed by atoms with Gasteiger partial charge in [0.2, 0.25) is 0 Å². The van der Waals surface area contributed by atoms with Gasteiger partial charge < -0.3 is 10.3 Å². The monoisotopic (exact) mass is 236 g/mol. The molecular formula is C13H14F2N2. The molecule has 1 atom stereocenters. The van der Waals surface area contributed by atoms with Crippen molar-refractivity contribution in [1.29, 1.82) is 0 Å². The van der Waals surface area contributed by atoms with Crippen molar-refractivity contribution in [3.05, 3.63) is 36.0 Å². The highest BCUT2D eigenvalue weighted by Gasteiger charge is 2.43. The van der Waals surface area contributed by atoms with Gasteiger partial charge in [0, 0.05) is 17.1 Å². The Labute approximate surface area is 98.0 Å². The number of rotatable bonds is 1. The topological polar surface area (TPSA) is 27.8 Å². The summed E-state index contributed by atoms with van der Waals surface area (Å²) in [7, 11) is 0. The summed E-state index contributed by atoms with van der Waals surface area (Å²) in [4.78, 5) is 3.07. The van der Waals surface area contributed by atoms with Gasteiger partial charge in [-0.2, -0.15) is 0 Å². The zero-order valence-electron chi connectivity index (χ0n) is 9.34. The van der Waals surface area contributed by atoms with Gasteiger partial charge in [0.25, 0.3) is 5.92 Å². The number of nitrogens with one attached hydrogen (secondary N) is 2. The van der Waals surface area contributed by atoms with E-state index >= 15 is 0 Å². The average molecular weight is 236 g/mol. The summed E-state index contributed by atoms with van der Waals surface area (Å²) >= 11 is 0. The highest BCUT2D eigenvalue weighted by Crippen LogP contribution is 2.40. The molecule has 1 aromatic heterocycles. The predicted molar refractivity (Wildman–Crippen MR) is 63.5 cm³/mol. The normalized spacial score (nSPS) is 24.0. The van der Waals surface area contributed by atoms with Gasteiger partial charge in [0.15, 0.2) is 0 Å². The smallest absolute Gasteiger partial charge is 0.267 e. The van der Waals surface area contributed by atoms with E-state index in [4.69, 9.17) is 0 Å². The Balaban J connectivity index is 2.08. The van der Waals surface area contributed by atoms with E-state index in [0.29, 0.717) is 13.0 Å². The van der Waals surface area contributed by atoms with Crippen molar-refractivity contribution in [1.82, 2.24) is 10.3 Å². The minimum absolute atomic E-state index is 0.225. The van der Waals surface area contributed by atoms with Crippen LogP contribution < -0.4 is 5.32 Å². The summed E-state index contributed by atoms with van der Waals surface area (Å²) in [5.74, 6) is -3.34. The maximum absolute atomic E-state index is 13.9. The quantitative estimate of drug-likeness (QED) is 0.783. The first kappa shape index (κ1) is 10.7. The van der Waals surface area contributed by atoms with Crippen LogP contribution in [0.15, 0.2) is 30.5 Å². The van der Waals surface area contributed by atoms with Crippen molar-refractivity contribution in [3.63, 3.8) is 0 Å². The van der Waals surface area contributed by atoms with Gasteiger partial charge in [-0.1, -0.05) is 18.2 Å². The van der Waals surface area contributed by atoms with Crippen LogP contribution in [-0.2, 0) is 0 Å². The fourth-order valence-electron chi connectivity index (χ4n) is 2.60. The number of fused-ring (bicyclic) bond motifs is 1. The van der Waals surface area contributed by atoms with Crippen LogP contribution in [0.2, 0.25) is 0 Å². The molecule has 0 spiro atoms. The van der Waals surface area contributed by atoms with Crippen molar-refractivity contribution in [3.8, 4) is 0 Å². The Morgan fingerprint density at radius 3 is 2.88 bits per heavy atom. The van der Waals surface area contributed by atoms with Crippen LogP contribution in [0.3, 0.4) is 0 Å². The molecule has 2 heterocycles. The number of para-hydroxylation sites is 1. The van der Waals surface area contributed by atoms with E-state index in [9.17, 15) is 8.78 Å². The third-order valence-electron chi connectivity index (χ3n) is 3.48. The van der Waals surface area contributed by atoms with Crippen molar-refractivity contribution >= 4 is 10.9 Å². The Kier molecular flexibility index (Phi) is 2.40. The first-order valence-corrected chi connectivity index (χ1v) is 5.83. The van der Waals surface area contributed by atoms with Crippen LogP contribution in [0.5, 0.6) is 0 Å². The van der Waals surface area contributed by atoms with Crippen LogP contribution in [0.4, 0.5) is 8.78 Å². The third kappa shape index (κ3) is 1.72. The molecule has 1 fully saturated rings. The van der Waals surface area contributed by atoms with E-state index in [1.54, 1.807) is 6.20 Å². The van der Waals surface area contributed by atoms with Crippen molar-refractivity contribution in [2.75, 3.05) is 13.1 Å². The predicted octanol–water partition coefficient (Wildman–Crippen LogP) is 2.88. The molecule has 0 radical (unpaired) electrons. The molecule has 4 heteroatoms. The second-order valence-electron chi connectivity index (χ2n) is 4.57. The average Bonchev–Trinajstić information content (AvgIpc) is 2.72. The minimum Gasteiger partial charge on any atom is -0.361 e. The molecule has 1 aliphatic heterocycles. The Bertz CT molecular complexity index is 533. The van der Waals surface area contributed by atoms with Gasteiger partial charge in [0.1, 0.15) is 0 Å². The van der Waals surface area contributed by atoms with E-state index in [1.807, 2.05) is 24.3 Å². The second-order valence-corrected chi connectivity index (χ2v) is 4.57. The molecule has 2 aromatic rings. The summed E-state index contributed by atoms with van der Waals surface area (Å²) in [6.07, 6.45) is 2.21. The molecule has 17 heavy (non-hydrogen) atoms. The molecule has 2 nitrogen and oxygen atoms in total. The number of hydrogen-bond donors (Lipinski definition) is 2. The molecule has 2 N–H and O–H groups in total. The van der Waals surface area contributed by atoms with Crippen LogP contribution in [-0.4, -0.2) is 24.0 Å². The summed E-state index contributed by atoms with van der Waals surface area (Å²) in [6, 6.07) is 7.61. The maximum Gasteiger partial charge on any atom is 0.267 e. The van der Waals surface area contributed by atoms with E-state index in [-0.39, 0.29) is 6.54 Å². The molecule has 3 rings (SSSR count). The molecule has 1 aliphatic rings. The number of halogens is 2. The molecule has 1 saturated heterocycles. The van der Waals surface area contributed by atoms with E-state index in [1.165, 1.54) is 0 Å². The minimum atomic E-state index is -2.66. The SMILES string of the molecule is FC1(F)CNCCC1c1c[nH]c2ccccc12. The number of aromatic nitrogens is 1. The lowest BCUT2D eigenvalue weighted by Gasteiger charge is -2.31. The first-order chi connectivity index (χ1) is 8.18. The molecule has 90 valence electrons. The third-order valence-corrected chi connectivity index (χ3v) is 3.48. The van der Waals surface area contributed by atoms with Gasteiger partial charge in [0.05, 0.1) is 12.5 Å². The Hall–Kier alpha value is -1.42. The number of H-pyrrole nitrogens is 1. The van der Waals surface area contributed by atoms with Crippen LogP contribution >= 0.6 is 0 Å². The Morgan fingerprint density at radius 1 is 1.24 bits per heavy atom. The van der Waals surface area contributed by atoms with Gasteiger partial charge in [-0.05, 0) is 24.6 Å². The van der Waals surface area contributed by atoms with Crippen molar-refractivity contribution in [2.45, 2.75) is 18.3 Å². The zero-order chi connectivity index (χ0) is 11.9. The second kappa shape index (κ2) is 3.81. The highest BCUT2D eigenvalue weighted by atomic mass is 19.3. The molecular weight excluding hydrogens is 222 g/mol. The lowest BCUT2D eigenvalue weighted by molar-refractivity contribution is -0.0416. The first-order valence-electron chi connectivity index (χ1n) is 5.83. The Morgan fingerprint density at radius 2 is 2.06 bits per heavy atom. The van der Waals surface area contributed by atoms with Crippen LogP contribution in [0.1, 0.15) is 17.9 Å². The lowest BCUT2D eigenvalue weighted by Crippen LogP contribution is -2.44. The van der Waals surface area contributed by atoms with Crippen molar-refractivity contribution in [2.24, 2.45) is 0 Å². The number of piperidine rings is 1. The van der Waals surface area contributed by atoms with E-state index < -0.39 is 11.8 Å². The zero-order valence-corrected chi connectivity index (χ0v) is 9.34. The standard InChI is InChI=1S/C13H14F2N2/c14-13(15)8-16-6-5-11(13)10-7-17-12-4-2-1-3-9(10)12/h1-4,7,11,16-17H,5-6,8H2. The van der Waals surface area contributed by atoms with Gasteiger partial charge in [-0.3, -0.25) is 0 Å². The lowest BCUT2D eigenvalue weighted by atomic mass is 9.87. The molecule has 1 unspecified atom stereocenters. The summed E-state index contributed by atoms with van der Waals surface area (Å²) < 4.78 is 27.8. The number of alkyl halides is 2. The highest BCUT2D eigenvalue weighted by molar-refractivity contribution is 5.83. The van der Waals surface area contributed by atoms with Gasteiger partial charge in [-0.25, -0.2) is 8.78 Å². The van der Waals surface area contributed by atoms with Crippen molar-refractivity contribution < 1.29 is 8.78 Å². The van der Waals surface area contributed by atoms with Crippen LogP contribution in [0.25, 0.3) is 10.9 Å². The fraction of sp³-hybridized carbons (Fsp3) is 0.385. The van der Waals surface area contributed by atoms with E-state index in [0.717, 1.165) is 16.5 Å². The molecule has 0 saturated carbocycles. The number of aromatic amines is 1. The number of hydrogen-bond acceptors (Lipinski definition) is 1. The van der Waals surface area contributed by atoms with Gasteiger partial charge >= 0.3 is 0 Å². The molecule has 0 amide bonds. The molecule has 0 aliphatic carbocycles. The summed E-state index contributed by atoms with van der Waals surface area (Å²) in [5.41, 5.74) is 1.67. The van der Waals surface area contributed by atoms with Crippen LogP contribution in [0, 0.1) is 0 Å².